The van der Waals surface area contributed by atoms with Crippen LogP contribution in [0.1, 0.15) is 10.4 Å². The second-order valence-electron chi connectivity index (χ2n) is 2.48. The van der Waals surface area contributed by atoms with Crippen molar-refractivity contribution in [3.05, 3.63) is 29.8 Å². The molecule has 0 saturated heterocycles. The topological polar surface area (TPSA) is 58.2 Å². The molecule has 0 aliphatic carbocycles. The van der Waals surface area contributed by atoms with E-state index in [1.54, 1.807) is 12.1 Å². The number of urea groups is 1. The van der Waals surface area contributed by atoms with Gasteiger partial charge in [-0.15, -0.1) is 0 Å². The van der Waals surface area contributed by atoms with Crippen LogP contribution in [-0.4, -0.2) is 27.1 Å². The van der Waals surface area contributed by atoms with Crippen LogP contribution in [0.25, 0.3) is 0 Å². The Morgan fingerprint density at radius 1 is 1.15 bits per heavy atom. The Bertz CT molecular complexity index is 378. The summed E-state index contributed by atoms with van der Waals surface area (Å²) >= 11 is -0.160. The fourth-order valence-electron chi connectivity index (χ4n) is 1.04. The zero-order chi connectivity index (χ0) is 9.26. The maximum atomic E-state index is 11.4. The number of hydrogen-bond donors (Lipinski definition) is 2. The van der Waals surface area contributed by atoms with Gasteiger partial charge in [-0.05, 0) is 0 Å². The normalized spacial score (nSPS) is 15.4. The second kappa shape index (κ2) is 3.20. The van der Waals surface area contributed by atoms with Crippen LogP contribution in [0.2, 0.25) is 0 Å². The summed E-state index contributed by atoms with van der Waals surface area (Å²) in [6.45, 7) is 0. The van der Waals surface area contributed by atoms with Gasteiger partial charge in [0, 0.05) is 0 Å². The molecule has 0 fully saturated rings. The van der Waals surface area contributed by atoms with E-state index in [-0.39, 0.29) is 21.1 Å². The van der Waals surface area contributed by atoms with Crippen LogP contribution in [0, 0.1) is 0 Å². The van der Waals surface area contributed by atoms with Crippen LogP contribution < -0.4 is 14.1 Å². The van der Waals surface area contributed by atoms with E-state index in [0.717, 1.165) is 4.46 Å². The molecule has 1 aliphatic rings. The molecule has 2 rings (SSSR count). The third-order valence-corrected chi connectivity index (χ3v) is 3.42. The van der Waals surface area contributed by atoms with Crippen molar-refractivity contribution in [2.75, 3.05) is 0 Å². The molecule has 0 saturated carbocycles. The van der Waals surface area contributed by atoms with Crippen molar-refractivity contribution in [2.45, 2.75) is 0 Å². The van der Waals surface area contributed by atoms with Gasteiger partial charge in [0.2, 0.25) is 0 Å². The van der Waals surface area contributed by atoms with Crippen LogP contribution in [0.3, 0.4) is 0 Å². The van der Waals surface area contributed by atoms with Crippen LogP contribution in [0.15, 0.2) is 24.3 Å². The number of carbonyl (C=O) groups excluding carboxylic acids is 2. The Morgan fingerprint density at radius 3 is 2.77 bits per heavy atom. The van der Waals surface area contributed by atoms with Gasteiger partial charge in [-0.1, -0.05) is 0 Å². The molecule has 0 atom stereocenters. The van der Waals surface area contributed by atoms with Crippen LogP contribution in [0.4, 0.5) is 4.79 Å². The monoisotopic (exact) mass is 242 g/mol. The molecule has 1 aliphatic heterocycles. The first kappa shape index (κ1) is 8.29. The van der Waals surface area contributed by atoms with Crippen molar-refractivity contribution in [3.63, 3.8) is 0 Å². The Kier molecular flexibility index (Phi) is 2.04. The standard InChI is InChI=1S/C8H6N2O2Se/c11-7-5-3-1-2-4-6(5)13-10-8(12)9-7/h1-4H,(H2,9,10,11,12). The van der Waals surface area contributed by atoms with E-state index in [2.05, 4.69) is 9.65 Å². The molecule has 0 radical (unpaired) electrons. The summed E-state index contributed by atoms with van der Waals surface area (Å²) in [7, 11) is 0. The van der Waals surface area contributed by atoms with Gasteiger partial charge in [0.05, 0.1) is 0 Å². The molecule has 1 heterocycles. The third-order valence-electron chi connectivity index (χ3n) is 1.61. The summed E-state index contributed by atoms with van der Waals surface area (Å²) in [4.78, 5) is 22.3. The summed E-state index contributed by atoms with van der Waals surface area (Å²) in [5, 5.41) is 2.22. The Morgan fingerprint density at radius 2 is 1.92 bits per heavy atom. The Balaban J connectivity index is 2.46. The molecule has 4 nitrogen and oxygen atoms in total. The number of imide groups is 1. The Labute approximate surface area is 81.1 Å². The van der Waals surface area contributed by atoms with E-state index in [1.807, 2.05) is 12.1 Å². The van der Waals surface area contributed by atoms with Gasteiger partial charge >= 0.3 is 80.6 Å². The molecule has 0 unspecified atom stereocenters. The van der Waals surface area contributed by atoms with Gasteiger partial charge in [0.1, 0.15) is 0 Å². The van der Waals surface area contributed by atoms with Crippen molar-refractivity contribution < 1.29 is 9.59 Å². The molecule has 1 aromatic rings. The van der Waals surface area contributed by atoms with Gasteiger partial charge < -0.3 is 0 Å². The van der Waals surface area contributed by atoms with E-state index in [9.17, 15) is 9.59 Å². The number of rotatable bonds is 0. The third kappa shape index (κ3) is 1.56. The minimum atomic E-state index is -0.416. The number of fused-ring (bicyclic) bond motifs is 1. The average molecular weight is 241 g/mol. The molecule has 5 heteroatoms. The SMILES string of the molecule is O=C1N[Se]c2ccccc2C(=O)N1. The molecule has 3 amide bonds. The molecule has 0 spiro atoms. The van der Waals surface area contributed by atoms with Gasteiger partial charge in [0.25, 0.3) is 0 Å². The molecule has 2 N–H and O–H groups in total. The zero-order valence-electron chi connectivity index (χ0n) is 6.53. The first-order valence-electron chi connectivity index (χ1n) is 3.64. The van der Waals surface area contributed by atoms with Crippen LogP contribution in [0.5, 0.6) is 0 Å². The predicted molar refractivity (Wildman–Crippen MR) is 47.8 cm³/mol. The van der Waals surface area contributed by atoms with Crippen molar-refractivity contribution in [1.29, 1.82) is 0 Å². The van der Waals surface area contributed by atoms with Crippen molar-refractivity contribution >= 4 is 31.6 Å². The van der Waals surface area contributed by atoms with E-state index in [1.165, 1.54) is 0 Å². The summed E-state index contributed by atoms with van der Waals surface area (Å²) in [6, 6.07) is 6.78. The summed E-state index contributed by atoms with van der Waals surface area (Å²) in [5.41, 5.74) is 0.584. The molecular formula is C8H6N2O2Se. The number of hydrogen-bond acceptors (Lipinski definition) is 2. The van der Waals surface area contributed by atoms with E-state index in [4.69, 9.17) is 0 Å². The van der Waals surface area contributed by atoms with E-state index >= 15 is 0 Å². The van der Waals surface area contributed by atoms with Crippen LogP contribution in [-0.2, 0) is 0 Å². The van der Waals surface area contributed by atoms with Crippen molar-refractivity contribution in [2.24, 2.45) is 0 Å². The number of benzene rings is 1. The van der Waals surface area contributed by atoms with Crippen LogP contribution >= 0.6 is 0 Å². The first-order chi connectivity index (χ1) is 6.27. The Hall–Kier alpha value is -1.32. The van der Waals surface area contributed by atoms with Gasteiger partial charge in [-0.2, -0.15) is 0 Å². The predicted octanol–water partition coefficient (Wildman–Crippen LogP) is -0.616. The fraction of sp³-hybridized carbons (Fsp3) is 0. The molecule has 66 valence electrons. The quantitative estimate of drug-likeness (QED) is 0.595. The molecule has 0 bridgehead atoms. The molecule has 1 aromatic carbocycles. The minimum absolute atomic E-state index is 0.160. The number of nitrogens with one attached hydrogen (secondary N) is 2. The summed E-state index contributed by atoms with van der Waals surface area (Å²) in [5.74, 6) is -0.326. The van der Waals surface area contributed by atoms with Gasteiger partial charge in [-0.25, -0.2) is 0 Å². The second-order valence-corrected chi connectivity index (χ2v) is 4.26. The number of amides is 3. The van der Waals surface area contributed by atoms with E-state index < -0.39 is 6.03 Å². The zero-order valence-corrected chi connectivity index (χ0v) is 8.25. The van der Waals surface area contributed by atoms with Gasteiger partial charge in [-0.3, -0.25) is 0 Å². The summed E-state index contributed by atoms with van der Waals surface area (Å²) < 4.78 is 3.52. The average Bonchev–Trinajstić information content (AvgIpc) is 2.27. The van der Waals surface area contributed by atoms with Crippen molar-refractivity contribution in [3.8, 4) is 0 Å². The molecular weight excluding hydrogens is 235 g/mol. The fourth-order valence-corrected chi connectivity index (χ4v) is 2.45. The maximum absolute atomic E-state index is 11.4. The summed E-state index contributed by atoms with van der Waals surface area (Å²) in [6.07, 6.45) is 0. The van der Waals surface area contributed by atoms with E-state index in [0.29, 0.717) is 5.56 Å². The molecule has 0 aromatic heterocycles. The van der Waals surface area contributed by atoms with Crippen molar-refractivity contribution in [1.82, 2.24) is 9.65 Å². The molecule has 13 heavy (non-hydrogen) atoms. The van der Waals surface area contributed by atoms with Gasteiger partial charge in [0.15, 0.2) is 0 Å². The number of carbonyl (C=O) groups is 2. The first-order valence-corrected chi connectivity index (χ1v) is 5.36.